The van der Waals surface area contributed by atoms with Crippen LogP contribution in [0.5, 0.6) is 0 Å². The SMILES string of the molecule is CCCCCCCCCCCCCCCCCCCCC(F)S(=O)(=O)O. The molecule has 158 valence electrons. The Morgan fingerprint density at radius 2 is 0.885 bits per heavy atom. The van der Waals surface area contributed by atoms with E-state index >= 15 is 0 Å². The minimum absolute atomic E-state index is 0.0857. The fraction of sp³-hybridized carbons (Fsp3) is 1.00. The van der Waals surface area contributed by atoms with E-state index in [0.717, 1.165) is 19.3 Å². The van der Waals surface area contributed by atoms with Crippen molar-refractivity contribution in [3.05, 3.63) is 0 Å². The Hall–Kier alpha value is -0.160. The van der Waals surface area contributed by atoms with Gasteiger partial charge < -0.3 is 0 Å². The van der Waals surface area contributed by atoms with E-state index < -0.39 is 15.6 Å². The maximum absolute atomic E-state index is 13.0. The molecule has 0 heterocycles. The Morgan fingerprint density at radius 3 is 1.15 bits per heavy atom. The minimum atomic E-state index is -4.49. The van der Waals surface area contributed by atoms with Crippen molar-refractivity contribution in [3.63, 3.8) is 0 Å². The van der Waals surface area contributed by atoms with Gasteiger partial charge in [-0.2, -0.15) is 8.42 Å². The fourth-order valence-corrected chi connectivity index (χ4v) is 3.82. The zero-order chi connectivity index (χ0) is 19.5. The van der Waals surface area contributed by atoms with Crippen molar-refractivity contribution in [2.75, 3.05) is 0 Å². The quantitative estimate of drug-likeness (QED) is 0.171. The number of unbranched alkanes of at least 4 members (excludes halogenated alkanes) is 17. The Labute approximate surface area is 162 Å². The molecule has 0 bridgehead atoms. The third kappa shape index (κ3) is 18.6. The molecule has 26 heavy (non-hydrogen) atoms. The van der Waals surface area contributed by atoms with Crippen LogP contribution in [-0.2, 0) is 10.1 Å². The molecule has 1 N–H and O–H groups in total. The maximum atomic E-state index is 13.0. The van der Waals surface area contributed by atoms with Crippen LogP contribution in [0.15, 0.2) is 0 Å². The van der Waals surface area contributed by atoms with Crippen molar-refractivity contribution in [1.82, 2.24) is 0 Å². The average molecular weight is 395 g/mol. The molecule has 0 amide bonds. The molecule has 3 nitrogen and oxygen atoms in total. The summed E-state index contributed by atoms with van der Waals surface area (Å²) in [6.45, 7) is 2.26. The molecule has 0 fully saturated rings. The molecule has 0 spiro atoms. The fourth-order valence-electron chi connectivity index (χ4n) is 3.36. The molecule has 1 unspecified atom stereocenters. The summed E-state index contributed by atoms with van der Waals surface area (Å²) in [6, 6.07) is 0. The van der Waals surface area contributed by atoms with Gasteiger partial charge in [-0.05, 0) is 12.8 Å². The van der Waals surface area contributed by atoms with Crippen LogP contribution in [0.1, 0.15) is 129 Å². The second-order valence-corrected chi connectivity index (χ2v) is 9.27. The van der Waals surface area contributed by atoms with E-state index in [1.54, 1.807) is 0 Å². The predicted octanol–water partition coefficient (Wildman–Crippen LogP) is 7.60. The first kappa shape index (κ1) is 25.8. The second-order valence-electron chi connectivity index (χ2n) is 7.72. The van der Waals surface area contributed by atoms with Gasteiger partial charge in [0.25, 0.3) is 10.1 Å². The predicted molar refractivity (Wildman–Crippen MR) is 110 cm³/mol. The largest absolute Gasteiger partial charge is 0.297 e. The van der Waals surface area contributed by atoms with E-state index in [2.05, 4.69) is 6.92 Å². The van der Waals surface area contributed by atoms with Crippen molar-refractivity contribution in [2.45, 2.75) is 134 Å². The lowest BCUT2D eigenvalue weighted by Crippen LogP contribution is -2.14. The molecule has 0 aliphatic heterocycles. The maximum Gasteiger partial charge on any atom is 0.297 e. The van der Waals surface area contributed by atoms with Gasteiger partial charge in [0.1, 0.15) is 0 Å². The monoisotopic (exact) mass is 394 g/mol. The van der Waals surface area contributed by atoms with Gasteiger partial charge in [0, 0.05) is 0 Å². The lowest BCUT2D eigenvalue weighted by atomic mass is 10.0. The molecule has 0 aromatic heterocycles. The van der Waals surface area contributed by atoms with Gasteiger partial charge in [-0.25, -0.2) is 4.39 Å². The van der Waals surface area contributed by atoms with E-state index in [4.69, 9.17) is 4.55 Å². The molecule has 5 heteroatoms. The van der Waals surface area contributed by atoms with Gasteiger partial charge in [0.2, 0.25) is 5.50 Å². The van der Waals surface area contributed by atoms with E-state index in [1.165, 1.54) is 89.9 Å². The first-order valence-electron chi connectivity index (χ1n) is 11.1. The van der Waals surface area contributed by atoms with Crippen molar-refractivity contribution < 1.29 is 17.4 Å². The van der Waals surface area contributed by atoms with Gasteiger partial charge >= 0.3 is 0 Å². The molecule has 0 saturated carbocycles. The summed E-state index contributed by atoms with van der Waals surface area (Å²) < 4.78 is 42.6. The first-order chi connectivity index (χ1) is 12.5. The highest BCUT2D eigenvalue weighted by molar-refractivity contribution is 7.86. The third-order valence-corrected chi connectivity index (χ3v) is 5.99. The smallest absolute Gasteiger partial charge is 0.283 e. The van der Waals surface area contributed by atoms with E-state index in [0.29, 0.717) is 6.42 Å². The molecular formula is C21H43FO3S. The van der Waals surface area contributed by atoms with Crippen LogP contribution in [0.2, 0.25) is 0 Å². The summed E-state index contributed by atoms with van der Waals surface area (Å²) in [4.78, 5) is 0. The van der Waals surface area contributed by atoms with Crippen LogP contribution in [0.4, 0.5) is 4.39 Å². The van der Waals surface area contributed by atoms with E-state index in [1.807, 2.05) is 0 Å². The van der Waals surface area contributed by atoms with Gasteiger partial charge in [0.15, 0.2) is 0 Å². The number of halogens is 1. The van der Waals surface area contributed by atoms with Crippen LogP contribution in [0.3, 0.4) is 0 Å². The van der Waals surface area contributed by atoms with Crippen LogP contribution in [0.25, 0.3) is 0 Å². The van der Waals surface area contributed by atoms with Crippen LogP contribution in [0, 0.1) is 0 Å². The standard InChI is InChI=1S/C21H43FO3S/c1-2-3-4-5-6-7-8-9-10-11-12-13-14-15-16-17-18-19-20-21(22)26(23,24)25/h21H,2-20H2,1H3,(H,23,24,25). The highest BCUT2D eigenvalue weighted by atomic mass is 32.2. The first-order valence-corrected chi connectivity index (χ1v) is 12.6. The molecule has 0 aliphatic rings. The zero-order valence-electron chi connectivity index (χ0n) is 17.1. The van der Waals surface area contributed by atoms with E-state index in [9.17, 15) is 12.8 Å². The Bertz CT molecular complexity index is 385. The summed E-state index contributed by atoms with van der Waals surface area (Å²) >= 11 is 0. The van der Waals surface area contributed by atoms with E-state index in [-0.39, 0.29) is 6.42 Å². The highest BCUT2D eigenvalue weighted by Crippen LogP contribution is 2.16. The molecule has 0 aromatic rings. The van der Waals surface area contributed by atoms with Crippen molar-refractivity contribution in [1.29, 1.82) is 0 Å². The molecule has 0 rings (SSSR count). The Balaban J connectivity index is 3.11. The minimum Gasteiger partial charge on any atom is -0.283 e. The number of hydrogen-bond donors (Lipinski definition) is 1. The van der Waals surface area contributed by atoms with Gasteiger partial charge in [-0.1, -0.05) is 116 Å². The molecule has 1 atom stereocenters. The molecule has 0 aliphatic carbocycles. The van der Waals surface area contributed by atoms with Crippen LogP contribution in [-0.4, -0.2) is 18.5 Å². The summed E-state index contributed by atoms with van der Waals surface area (Å²) in [6.07, 6.45) is 22.5. The van der Waals surface area contributed by atoms with Gasteiger partial charge in [-0.15, -0.1) is 0 Å². The van der Waals surface area contributed by atoms with Gasteiger partial charge in [0.05, 0.1) is 0 Å². The topological polar surface area (TPSA) is 54.4 Å². The lowest BCUT2D eigenvalue weighted by Gasteiger charge is -2.05. The second kappa shape index (κ2) is 18.2. The molecular weight excluding hydrogens is 351 g/mol. The molecule has 0 radical (unpaired) electrons. The van der Waals surface area contributed by atoms with Crippen molar-refractivity contribution in [2.24, 2.45) is 0 Å². The Kier molecular flexibility index (Phi) is 18.1. The van der Waals surface area contributed by atoms with Crippen molar-refractivity contribution >= 4 is 10.1 Å². The molecule has 0 saturated heterocycles. The third-order valence-electron chi connectivity index (χ3n) is 5.11. The number of rotatable bonds is 20. The summed E-state index contributed by atoms with van der Waals surface area (Å²) in [5, 5.41) is 0. The molecule has 0 aromatic carbocycles. The summed E-state index contributed by atoms with van der Waals surface area (Å²) in [5.41, 5.74) is -2.11. The highest BCUT2D eigenvalue weighted by Gasteiger charge is 2.20. The Morgan fingerprint density at radius 1 is 0.615 bits per heavy atom. The van der Waals surface area contributed by atoms with Crippen molar-refractivity contribution in [3.8, 4) is 0 Å². The summed E-state index contributed by atoms with van der Waals surface area (Å²) in [7, 11) is -4.49. The lowest BCUT2D eigenvalue weighted by molar-refractivity contribution is 0.349. The van der Waals surface area contributed by atoms with Gasteiger partial charge in [-0.3, -0.25) is 4.55 Å². The number of hydrogen-bond acceptors (Lipinski definition) is 2. The summed E-state index contributed by atoms with van der Waals surface area (Å²) in [5.74, 6) is 0. The van der Waals surface area contributed by atoms with Crippen LogP contribution < -0.4 is 0 Å². The normalized spacial score (nSPS) is 13.2. The van der Waals surface area contributed by atoms with Crippen LogP contribution >= 0.6 is 0 Å². The number of alkyl halides is 1. The average Bonchev–Trinajstić information content (AvgIpc) is 2.59. The zero-order valence-corrected chi connectivity index (χ0v) is 17.9.